The molecule has 0 radical (unpaired) electrons. The summed E-state index contributed by atoms with van der Waals surface area (Å²) in [7, 11) is -3.90. The fourth-order valence-electron chi connectivity index (χ4n) is 3.58. The van der Waals surface area contributed by atoms with Crippen LogP contribution >= 0.6 is 0 Å². The zero-order valence-electron chi connectivity index (χ0n) is 19.6. The Bertz CT molecular complexity index is 1140. The summed E-state index contributed by atoms with van der Waals surface area (Å²) in [5.41, 5.74) is 3.13. The number of aryl methyl sites for hydroxylation is 1. The van der Waals surface area contributed by atoms with Crippen molar-refractivity contribution in [3.05, 3.63) is 95.6 Å². The van der Waals surface area contributed by atoms with Gasteiger partial charge in [0.25, 0.3) is 0 Å². The van der Waals surface area contributed by atoms with Gasteiger partial charge in [0.1, 0.15) is 10.6 Å². The molecule has 34 heavy (non-hydrogen) atoms. The molecule has 0 saturated heterocycles. The molecule has 180 valence electrons. The van der Waals surface area contributed by atoms with Crippen LogP contribution in [0.25, 0.3) is 0 Å². The Morgan fingerprint density at radius 3 is 2.24 bits per heavy atom. The number of carbonyl (C=O) groups is 1. The molecule has 0 fully saturated rings. The molecule has 3 rings (SSSR count). The molecule has 1 N–H and O–H groups in total. The summed E-state index contributed by atoms with van der Waals surface area (Å²) >= 11 is 0. The summed E-state index contributed by atoms with van der Waals surface area (Å²) in [4.78, 5) is 12.2. The third-order valence-corrected chi connectivity index (χ3v) is 6.59. The number of hydrogen-bond acceptors (Lipinski definition) is 6. The van der Waals surface area contributed by atoms with Crippen LogP contribution in [0.15, 0.2) is 83.8 Å². The van der Waals surface area contributed by atoms with Gasteiger partial charge >= 0.3 is 16.1 Å². The maximum Gasteiger partial charge on any atom is 0.339 e. The molecular formula is C27H31NO5S. The average molecular weight is 482 g/mol. The second-order valence-corrected chi connectivity index (χ2v) is 9.74. The SMILES string of the molecule is CCOC(=O)CC(CNCc1ccccc1)Cc1ccc(OS(=O)(=O)c2ccc(C)cc2)cc1. The molecule has 0 bridgehead atoms. The largest absolute Gasteiger partial charge is 0.466 e. The van der Waals surface area contributed by atoms with E-state index in [1.807, 2.05) is 37.3 Å². The molecule has 7 heteroatoms. The fourth-order valence-corrected chi connectivity index (χ4v) is 4.51. The van der Waals surface area contributed by atoms with E-state index in [-0.39, 0.29) is 22.5 Å². The van der Waals surface area contributed by atoms with Crippen molar-refractivity contribution in [2.75, 3.05) is 13.2 Å². The monoisotopic (exact) mass is 481 g/mol. The highest BCUT2D eigenvalue weighted by Gasteiger charge is 2.18. The standard InChI is InChI=1S/C27H31NO5S/c1-3-32-27(29)18-24(20-28-19-23-7-5-4-6-8-23)17-22-11-13-25(14-12-22)33-34(30,31)26-15-9-21(2)10-16-26/h4-16,24,28H,3,17-20H2,1-2H3. The number of benzene rings is 3. The minimum atomic E-state index is -3.90. The van der Waals surface area contributed by atoms with Gasteiger partial charge in [-0.05, 0) is 68.1 Å². The van der Waals surface area contributed by atoms with Crippen LogP contribution in [0.1, 0.15) is 30.0 Å². The van der Waals surface area contributed by atoms with Crippen LogP contribution in [0.2, 0.25) is 0 Å². The van der Waals surface area contributed by atoms with Crippen molar-refractivity contribution in [1.29, 1.82) is 0 Å². The van der Waals surface area contributed by atoms with Gasteiger partial charge in [-0.15, -0.1) is 0 Å². The number of nitrogens with one attached hydrogen (secondary N) is 1. The lowest BCUT2D eigenvalue weighted by Gasteiger charge is -2.17. The average Bonchev–Trinajstić information content (AvgIpc) is 2.81. The summed E-state index contributed by atoms with van der Waals surface area (Å²) in [6.45, 7) is 5.40. The fraction of sp³-hybridized carbons (Fsp3) is 0.296. The van der Waals surface area contributed by atoms with Crippen molar-refractivity contribution in [1.82, 2.24) is 5.32 Å². The molecule has 1 atom stereocenters. The Hall–Kier alpha value is -3.16. The van der Waals surface area contributed by atoms with Crippen LogP contribution in [-0.4, -0.2) is 27.5 Å². The van der Waals surface area contributed by atoms with Crippen molar-refractivity contribution >= 4 is 16.1 Å². The van der Waals surface area contributed by atoms with E-state index in [1.165, 1.54) is 17.7 Å². The quantitative estimate of drug-likeness (QED) is 0.299. The van der Waals surface area contributed by atoms with Crippen LogP contribution in [-0.2, 0) is 32.6 Å². The molecule has 0 amide bonds. The minimum absolute atomic E-state index is 0.0332. The van der Waals surface area contributed by atoms with Gasteiger partial charge in [0.2, 0.25) is 0 Å². The normalized spacial score (nSPS) is 12.2. The Labute approximate surface area is 202 Å². The van der Waals surface area contributed by atoms with Crippen LogP contribution in [0.5, 0.6) is 5.75 Å². The summed E-state index contributed by atoms with van der Waals surface area (Å²) in [5.74, 6) is 0.0532. The summed E-state index contributed by atoms with van der Waals surface area (Å²) in [5, 5.41) is 3.42. The zero-order chi connectivity index (χ0) is 24.4. The van der Waals surface area contributed by atoms with Gasteiger partial charge in [-0.1, -0.05) is 60.2 Å². The zero-order valence-corrected chi connectivity index (χ0v) is 20.4. The van der Waals surface area contributed by atoms with Crippen LogP contribution in [0, 0.1) is 12.8 Å². The van der Waals surface area contributed by atoms with Crippen LogP contribution in [0.3, 0.4) is 0 Å². The third kappa shape index (κ3) is 8.01. The van der Waals surface area contributed by atoms with Crippen LogP contribution in [0.4, 0.5) is 0 Å². The van der Waals surface area contributed by atoms with Gasteiger partial charge in [0.05, 0.1) is 6.61 Å². The maximum absolute atomic E-state index is 12.5. The predicted octanol–water partition coefficient (Wildman–Crippen LogP) is 4.66. The lowest BCUT2D eigenvalue weighted by Crippen LogP contribution is -2.26. The van der Waals surface area contributed by atoms with Gasteiger partial charge in [0, 0.05) is 13.0 Å². The maximum atomic E-state index is 12.5. The lowest BCUT2D eigenvalue weighted by atomic mass is 9.96. The Morgan fingerprint density at radius 2 is 1.59 bits per heavy atom. The molecule has 0 aliphatic carbocycles. The molecule has 0 aliphatic heterocycles. The molecule has 1 unspecified atom stereocenters. The Morgan fingerprint density at radius 1 is 0.912 bits per heavy atom. The summed E-state index contributed by atoms with van der Waals surface area (Å²) in [6, 6.07) is 23.5. The Kier molecular flexibility index (Phi) is 9.24. The van der Waals surface area contributed by atoms with Gasteiger partial charge in [-0.2, -0.15) is 8.42 Å². The predicted molar refractivity (Wildman–Crippen MR) is 132 cm³/mol. The smallest absolute Gasteiger partial charge is 0.339 e. The number of ether oxygens (including phenoxy) is 1. The second-order valence-electron chi connectivity index (χ2n) is 8.19. The summed E-state index contributed by atoms with van der Waals surface area (Å²) < 4.78 is 35.5. The van der Waals surface area contributed by atoms with Crippen molar-refractivity contribution in [2.45, 2.75) is 38.1 Å². The molecule has 0 aliphatic rings. The first-order valence-electron chi connectivity index (χ1n) is 11.4. The third-order valence-electron chi connectivity index (χ3n) is 5.33. The summed E-state index contributed by atoms with van der Waals surface area (Å²) in [6.07, 6.45) is 0.946. The topological polar surface area (TPSA) is 81.7 Å². The van der Waals surface area contributed by atoms with E-state index in [4.69, 9.17) is 8.92 Å². The highest BCUT2D eigenvalue weighted by molar-refractivity contribution is 7.87. The van der Waals surface area contributed by atoms with E-state index in [0.717, 1.165) is 11.1 Å². The van der Waals surface area contributed by atoms with E-state index in [9.17, 15) is 13.2 Å². The van der Waals surface area contributed by atoms with E-state index >= 15 is 0 Å². The van der Waals surface area contributed by atoms with Crippen molar-refractivity contribution < 1.29 is 22.1 Å². The van der Waals surface area contributed by atoms with Crippen molar-refractivity contribution in [2.24, 2.45) is 5.92 Å². The van der Waals surface area contributed by atoms with E-state index in [0.29, 0.717) is 32.5 Å². The molecule has 0 heterocycles. The second kappa shape index (κ2) is 12.3. The van der Waals surface area contributed by atoms with E-state index < -0.39 is 10.1 Å². The number of rotatable bonds is 12. The number of hydrogen-bond donors (Lipinski definition) is 1. The van der Waals surface area contributed by atoms with Crippen LogP contribution < -0.4 is 9.50 Å². The molecule has 3 aromatic carbocycles. The van der Waals surface area contributed by atoms with E-state index in [1.54, 1.807) is 31.2 Å². The Balaban J connectivity index is 1.62. The first kappa shape index (κ1) is 25.5. The molecule has 0 aromatic heterocycles. The van der Waals surface area contributed by atoms with E-state index in [2.05, 4.69) is 17.4 Å². The molecular weight excluding hydrogens is 450 g/mol. The lowest BCUT2D eigenvalue weighted by molar-refractivity contribution is -0.144. The van der Waals surface area contributed by atoms with Gasteiger partial charge in [-0.25, -0.2) is 0 Å². The number of carbonyl (C=O) groups excluding carboxylic acids is 1. The first-order chi connectivity index (χ1) is 16.4. The highest BCUT2D eigenvalue weighted by atomic mass is 32.2. The van der Waals surface area contributed by atoms with Crippen molar-refractivity contribution in [3.8, 4) is 5.75 Å². The number of esters is 1. The van der Waals surface area contributed by atoms with Gasteiger partial charge in [-0.3, -0.25) is 4.79 Å². The van der Waals surface area contributed by atoms with Gasteiger partial charge in [0.15, 0.2) is 0 Å². The first-order valence-corrected chi connectivity index (χ1v) is 12.8. The molecule has 3 aromatic rings. The van der Waals surface area contributed by atoms with Crippen molar-refractivity contribution in [3.63, 3.8) is 0 Å². The minimum Gasteiger partial charge on any atom is -0.466 e. The highest BCUT2D eigenvalue weighted by Crippen LogP contribution is 2.21. The molecule has 0 saturated carbocycles. The van der Waals surface area contributed by atoms with Gasteiger partial charge < -0.3 is 14.2 Å². The molecule has 6 nitrogen and oxygen atoms in total. The molecule has 0 spiro atoms.